The Morgan fingerprint density at radius 1 is 1.31 bits per heavy atom. The zero-order chi connectivity index (χ0) is 9.10. The van der Waals surface area contributed by atoms with Gasteiger partial charge < -0.3 is 0 Å². The van der Waals surface area contributed by atoms with Gasteiger partial charge in [0.25, 0.3) is 0 Å². The van der Waals surface area contributed by atoms with Crippen LogP contribution in [0.4, 0.5) is 0 Å². The normalized spacial score (nSPS) is 15.6. The summed E-state index contributed by atoms with van der Waals surface area (Å²) in [5.41, 5.74) is 2.25. The molecule has 1 aliphatic rings. The van der Waals surface area contributed by atoms with Crippen LogP contribution in [0.3, 0.4) is 0 Å². The minimum absolute atomic E-state index is 0.831. The second-order valence-corrected chi connectivity index (χ2v) is 3.13. The second-order valence-electron chi connectivity index (χ2n) is 3.13. The second kappa shape index (κ2) is 3.52. The molecule has 0 N–H and O–H groups in total. The minimum atomic E-state index is 0.831. The number of allylic oxidation sites excluding steroid dienone is 4. The Kier molecular flexibility index (Phi) is 2.21. The topological polar surface area (TPSA) is 25.8 Å². The van der Waals surface area contributed by atoms with Gasteiger partial charge in [0, 0.05) is 6.20 Å². The van der Waals surface area contributed by atoms with Gasteiger partial charge in [-0.05, 0) is 31.4 Å². The molecule has 0 saturated heterocycles. The van der Waals surface area contributed by atoms with Gasteiger partial charge in [0.15, 0.2) is 0 Å². The molecule has 13 heavy (non-hydrogen) atoms. The summed E-state index contributed by atoms with van der Waals surface area (Å²) in [6.45, 7) is 1.91. The number of hydrogen-bond acceptors (Lipinski definition) is 2. The van der Waals surface area contributed by atoms with Crippen molar-refractivity contribution in [3.63, 3.8) is 0 Å². The molecule has 0 amide bonds. The Hall–Kier alpha value is -1.44. The van der Waals surface area contributed by atoms with Crippen LogP contribution in [0.2, 0.25) is 0 Å². The molecule has 1 aliphatic carbocycles. The van der Waals surface area contributed by atoms with Gasteiger partial charge in [-0.3, -0.25) is 0 Å². The fourth-order valence-electron chi connectivity index (χ4n) is 1.42. The predicted molar refractivity (Wildman–Crippen MR) is 53.1 cm³/mol. The van der Waals surface area contributed by atoms with E-state index in [1.807, 2.05) is 13.0 Å². The summed E-state index contributed by atoms with van der Waals surface area (Å²) in [4.78, 5) is 8.44. The molecule has 1 aromatic rings. The number of rotatable bonds is 1. The van der Waals surface area contributed by atoms with E-state index in [2.05, 4.69) is 28.2 Å². The van der Waals surface area contributed by atoms with Crippen LogP contribution in [-0.2, 0) is 0 Å². The third kappa shape index (κ3) is 1.83. The fourth-order valence-corrected chi connectivity index (χ4v) is 1.42. The maximum Gasteiger partial charge on any atom is 0.125 e. The number of hydrogen-bond donors (Lipinski definition) is 0. The van der Waals surface area contributed by atoms with Crippen molar-refractivity contribution in [3.8, 4) is 0 Å². The van der Waals surface area contributed by atoms with Crippen LogP contribution >= 0.6 is 0 Å². The molecule has 2 heteroatoms. The van der Waals surface area contributed by atoms with Crippen molar-refractivity contribution in [3.05, 3.63) is 42.0 Å². The van der Waals surface area contributed by atoms with Crippen molar-refractivity contribution in [2.45, 2.75) is 19.8 Å². The molecule has 0 saturated carbocycles. The van der Waals surface area contributed by atoms with Gasteiger partial charge in [-0.1, -0.05) is 18.2 Å². The maximum absolute atomic E-state index is 4.37. The highest BCUT2D eigenvalue weighted by Crippen LogP contribution is 2.18. The average molecular weight is 172 g/mol. The third-order valence-corrected chi connectivity index (χ3v) is 2.07. The Bertz CT molecular complexity index is 364. The van der Waals surface area contributed by atoms with E-state index in [1.165, 1.54) is 5.57 Å². The van der Waals surface area contributed by atoms with Gasteiger partial charge in [-0.25, -0.2) is 9.97 Å². The van der Waals surface area contributed by atoms with E-state index in [0.29, 0.717) is 0 Å². The maximum atomic E-state index is 4.37. The molecule has 0 aliphatic heterocycles. The Balaban J connectivity index is 2.35. The van der Waals surface area contributed by atoms with Gasteiger partial charge in [0.05, 0.1) is 5.69 Å². The SMILES string of the molecule is Cc1nccc(C2=CCCC=C2)n1. The van der Waals surface area contributed by atoms with E-state index in [-0.39, 0.29) is 0 Å². The lowest BCUT2D eigenvalue weighted by atomic mass is 10.0. The van der Waals surface area contributed by atoms with E-state index in [4.69, 9.17) is 0 Å². The molecular weight excluding hydrogens is 160 g/mol. The number of nitrogens with zero attached hydrogens (tertiary/aromatic N) is 2. The van der Waals surface area contributed by atoms with E-state index < -0.39 is 0 Å². The van der Waals surface area contributed by atoms with Crippen molar-refractivity contribution < 1.29 is 0 Å². The predicted octanol–water partition coefficient (Wildman–Crippen LogP) is 2.52. The molecule has 2 rings (SSSR count). The molecule has 2 nitrogen and oxygen atoms in total. The Morgan fingerprint density at radius 2 is 2.23 bits per heavy atom. The van der Waals surface area contributed by atoms with Crippen LogP contribution in [0, 0.1) is 6.92 Å². The average Bonchev–Trinajstić information content (AvgIpc) is 2.19. The van der Waals surface area contributed by atoms with Crippen molar-refractivity contribution in [1.29, 1.82) is 0 Å². The van der Waals surface area contributed by atoms with Gasteiger partial charge in [-0.15, -0.1) is 0 Å². The number of aryl methyl sites for hydroxylation is 1. The van der Waals surface area contributed by atoms with Crippen LogP contribution < -0.4 is 0 Å². The van der Waals surface area contributed by atoms with E-state index in [0.717, 1.165) is 24.4 Å². The standard InChI is InChI=1S/C11H12N2/c1-9-12-8-7-11(13-9)10-5-3-2-4-6-10/h3,5-8H,2,4H2,1H3. The first-order valence-corrected chi connectivity index (χ1v) is 4.53. The fraction of sp³-hybridized carbons (Fsp3) is 0.273. The largest absolute Gasteiger partial charge is 0.242 e. The zero-order valence-electron chi connectivity index (χ0n) is 7.70. The molecule has 0 radical (unpaired) electrons. The van der Waals surface area contributed by atoms with Crippen molar-refractivity contribution in [1.82, 2.24) is 9.97 Å². The van der Waals surface area contributed by atoms with E-state index >= 15 is 0 Å². The summed E-state index contributed by atoms with van der Waals surface area (Å²) in [5, 5.41) is 0. The van der Waals surface area contributed by atoms with Crippen LogP contribution in [0.5, 0.6) is 0 Å². The molecule has 0 bridgehead atoms. The first-order valence-electron chi connectivity index (χ1n) is 4.53. The highest BCUT2D eigenvalue weighted by molar-refractivity contribution is 5.72. The third-order valence-electron chi connectivity index (χ3n) is 2.07. The Labute approximate surface area is 78.0 Å². The van der Waals surface area contributed by atoms with Crippen LogP contribution in [-0.4, -0.2) is 9.97 Å². The molecule has 0 unspecified atom stereocenters. The van der Waals surface area contributed by atoms with Gasteiger partial charge in [0.1, 0.15) is 5.82 Å². The summed E-state index contributed by atoms with van der Waals surface area (Å²) >= 11 is 0. The first-order chi connectivity index (χ1) is 6.36. The molecule has 0 atom stereocenters. The zero-order valence-corrected chi connectivity index (χ0v) is 7.70. The lowest BCUT2D eigenvalue weighted by Gasteiger charge is -2.05. The van der Waals surface area contributed by atoms with E-state index in [9.17, 15) is 0 Å². The molecule has 1 heterocycles. The van der Waals surface area contributed by atoms with Gasteiger partial charge in [-0.2, -0.15) is 0 Å². The van der Waals surface area contributed by atoms with Gasteiger partial charge in [0.2, 0.25) is 0 Å². The molecule has 1 aromatic heterocycles. The lowest BCUT2D eigenvalue weighted by molar-refractivity contribution is 1.01. The van der Waals surface area contributed by atoms with Crippen LogP contribution in [0.25, 0.3) is 5.57 Å². The van der Waals surface area contributed by atoms with Crippen LogP contribution in [0.15, 0.2) is 30.5 Å². The van der Waals surface area contributed by atoms with Crippen molar-refractivity contribution in [2.75, 3.05) is 0 Å². The van der Waals surface area contributed by atoms with Crippen molar-refractivity contribution >= 4 is 5.57 Å². The molecule has 0 fully saturated rings. The highest BCUT2D eigenvalue weighted by Gasteiger charge is 2.02. The summed E-state index contributed by atoms with van der Waals surface area (Å²) < 4.78 is 0. The molecule has 0 spiro atoms. The summed E-state index contributed by atoms with van der Waals surface area (Å²) in [6, 6.07) is 1.95. The van der Waals surface area contributed by atoms with Gasteiger partial charge >= 0.3 is 0 Å². The summed E-state index contributed by atoms with van der Waals surface area (Å²) in [6.07, 6.45) is 10.6. The van der Waals surface area contributed by atoms with Crippen molar-refractivity contribution in [2.24, 2.45) is 0 Å². The molecule has 0 aromatic carbocycles. The quantitative estimate of drug-likeness (QED) is 0.650. The summed E-state index contributed by atoms with van der Waals surface area (Å²) in [7, 11) is 0. The molecular formula is C11H12N2. The van der Waals surface area contributed by atoms with E-state index in [1.54, 1.807) is 6.20 Å². The Morgan fingerprint density at radius 3 is 2.92 bits per heavy atom. The minimum Gasteiger partial charge on any atom is -0.242 e. The highest BCUT2D eigenvalue weighted by atomic mass is 14.9. The lowest BCUT2D eigenvalue weighted by Crippen LogP contribution is -1.93. The molecule has 66 valence electrons. The first kappa shape index (κ1) is 8.17. The van der Waals surface area contributed by atoms with Crippen LogP contribution in [0.1, 0.15) is 24.4 Å². The summed E-state index contributed by atoms with van der Waals surface area (Å²) in [5.74, 6) is 0.831. The smallest absolute Gasteiger partial charge is 0.125 e. The number of aromatic nitrogens is 2. The monoisotopic (exact) mass is 172 g/mol.